The maximum atomic E-state index is 12.0. The van der Waals surface area contributed by atoms with Crippen LogP contribution < -0.4 is 0 Å². The van der Waals surface area contributed by atoms with Gasteiger partial charge in [0.1, 0.15) is 0 Å². The van der Waals surface area contributed by atoms with Crippen LogP contribution in [0.1, 0.15) is 27.7 Å². The first-order valence-electron chi connectivity index (χ1n) is 5.25. The first kappa shape index (κ1) is 15.2. The van der Waals surface area contributed by atoms with E-state index in [1.165, 1.54) is 0 Å². The molecule has 0 saturated carbocycles. The summed E-state index contributed by atoms with van der Waals surface area (Å²) in [5, 5.41) is 0. The van der Waals surface area contributed by atoms with Crippen LogP contribution in [0.4, 0.5) is 0 Å². The molecule has 0 rings (SSSR count). The van der Waals surface area contributed by atoms with Crippen LogP contribution in [0, 0.1) is 0 Å². The molecule has 0 aromatic heterocycles. The minimum absolute atomic E-state index is 0.369. The van der Waals surface area contributed by atoms with E-state index in [2.05, 4.69) is 6.92 Å². The van der Waals surface area contributed by atoms with Gasteiger partial charge in [-0.3, -0.25) is 4.57 Å². The van der Waals surface area contributed by atoms with Gasteiger partial charge in [0.05, 0.1) is 19.4 Å². The highest BCUT2D eigenvalue weighted by Crippen LogP contribution is 2.48. The van der Waals surface area contributed by atoms with Crippen molar-refractivity contribution >= 4 is 19.4 Å². The summed E-state index contributed by atoms with van der Waals surface area (Å²) in [5.41, 5.74) is 0. The molecule has 0 bridgehead atoms. The average molecular weight is 252 g/mol. The molecule has 3 nitrogen and oxygen atoms in total. The van der Waals surface area contributed by atoms with Gasteiger partial charge in [0.25, 0.3) is 0 Å². The van der Waals surface area contributed by atoms with Crippen molar-refractivity contribution in [1.29, 1.82) is 0 Å². The lowest BCUT2D eigenvalue weighted by atomic mass is 10.6. The summed E-state index contributed by atoms with van der Waals surface area (Å²) in [6.45, 7) is 8.59. The second-order valence-corrected chi connectivity index (χ2v) is 6.49. The van der Waals surface area contributed by atoms with Gasteiger partial charge in [-0.25, -0.2) is 0 Å². The Kier molecular flexibility index (Phi) is 8.53. The zero-order chi connectivity index (χ0) is 11.7. The summed E-state index contributed by atoms with van der Waals surface area (Å²) in [6, 6.07) is 0. The molecular weight excluding hydrogens is 231 g/mol. The minimum Gasteiger partial charge on any atom is -0.309 e. The zero-order valence-electron chi connectivity index (χ0n) is 9.99. The standard InChI is InChI=1S/C10H21O3PS/c1-5-12-14(11,13-6-2)9-8-10(4)15-7-3/h8H,5-7,9H2,1-4H3/b10-8+. The van der Waals surface area contributed by atoms with Gasteiger partial charge in [0, 0.05) is 0 Å². The van der Waals surface area contributed by atoms with E-state index in [0.29, 0.717) is 19.4 Å². The van der Waals surface area contributed by atoms with Crippen LogP contribution in [0.15, 0.2) is 11.0 Å². The molecule has 15 heavy (non-hydrogen) atoms. The largest absolute Gasteiger partial charge is 0.334 e. The second-order valence-electron chi connectivity index (χ2n) is 2.88. The topological polar surface area (TPSA) is 35.5 Å². The maximum absolute atomic E-state index is 12.0. The molecule has 0 N–H and O–H groups in total. The fourth-order valence-corrected chi connectivity index (χ4v) is 3.41. The monoisotopic (exact) mass is 252 g/mol. The van der Waals surface area contributed by atoms with Gasteiger partial charge in [-0.15, -0.1) is 11.8 Å². The lowest BCUT2D eigenvalue weighted by Gasteiger charge is -2.15. The van der Waals surface area contributed by atoms with Gasteiger partial charge in [0.15, 0.2) is 0 Å². The number of allylic oxidation sites excluding steroid dienone is 2. The molecule has 90 valence electrons. The van der Waals surface area contributed by atoms with Gasteiger partial charge >= 0.3 is 7.60 Å². The Morgan fingerprint density at radius 2 is 1.80 bits per heavy atom. The van der Waals surface area contributed by atoms with Crippen molar-refractivity contribution in [3.63, 3.8) is 0 Å². The SMILES string of the molecule is CCOP(=O)(C/C=C(\C)SCC)OCC. The van der Waals surface area contributed by atoms with Crippen molar-refractivity contribution < 1.29 is 13.6 Å². The molecule has 0 aromatic carbocycles. The Labute approximate surface area is 97.1 Å². The predicted molar refractivity (Wildman–Crippen MR) is 67.6 cm³/mol. The molecule has 0 aliphatic rings. The molecule has 0 amide bonds. The number of hydrogen-bond acceptors (Lipinski definition) is 4. The molecule has 0 saturated heterocycles. The summed E-state index contributed by atoms with van der Waals surface area (Å²) in [5.74, 6) is 1.02. The Morgan fingerprint density at radius 1 is 1.27 bits per heavy atom. The van der Waals surface area contributed by atoms with Gasteiger partial charge in [-0.2, -0.15) is 0 Å². The van der Waals surface area contributed by atoms with Crippen LogP contribution in [-0.2, 0) is 13.6 Å². The van der Waals surface area contributed by atoms with Crippen molar-refractivity contribution in [2.75, 3.05) is 25.1 Å². The van der Waals surface area contributed by atoms with Gasteiger partial charge in [-0.05, 0) is 31.4 Å². The first-order chi connectivity index (χ1) is 7.08. The molecule has 0 heterocycles. The number of rotatable bonds is 8. The number of hydrogen-bond donors (Lipinski definition) is 0. The lowest BCUT2D eigenvalue weighted by Crippen LogP contribution is -1.98. The normalized spacial score (nSPS) is 13.2. The Hall–Kier alpha value is 0.240. The third-order valence-corrected chi connectivity index (χ3v) is 4.47. The van der Waals surface area contributed by atoms with Crippen LogP contribution in [0.25, 0.3) is 0 Å². The molecule has 0 radical (unpaired) electrons. The molecule has 0 unspecified atom stereocenters. The maximum Gasteiger partial charge on any atom is 0.334 e. The quantitative estimate of drug-likeness (QED) is 0.613. The van der Waals surface area contributed by atoms with Gasteiger partial charge < -0.3 is 9.05 Å². The van der Waals surface area contributed by atoms with E-state index < -0.39 is 7.60 Å². The van der Waals surface area contributed by atoms with Gasteiger partial charge in [-0.1, -0.05) is 13.0 Å². The van der Waals surface area contributed by atoms with E-state index in [1.54, 1.807) is 11.8 Å². The fraction of sp³-hybridized carbons (Fsp3) is 0.800. The Morgan fingerprint density at radius 3 is 2.20 bits per heavy atom. The van der Waals surface area contributed by atoms with Crippen LogP contribution in [0.3, 0.4) is 0 Å². The van der Waals surface area contributed by atoms with E-state index in [0.717, 1.165) is 10.7 Å². The first-order valence-corrected chi connectivity index (χ1v) is 7.97. The summed E-state index contributed by atoms with van der Waals surface area (Å²) >= 11 is 1.74. The summed E-state index contributed by atoms with van der Waals surface area (Å²) in [4.78, 5) is 1.16. The molecule has 0 aromatic rings. The predicted octanol–water partition coefficient (Wildman–Crippen LogP) is 3.91. The average Bonchev–Trinajstić information content (AvgIpc) is 2.16. The zero-order valence-corrected chi connectivity index (χ0v) is 11.7. The molecule has 0 spiro atoms. The van der Waals surface area contributed by atoms with Crippen LogP contribution in [0.2, 0.25) is 0 Å². The minimum atomic E-state index is -2.89. The fourth-order valence-electron chi connectivity index (χ4n) is 1.06. The third-order valence-electron chi connectivity index (χ3n) is 1.63. The molecule has 0 atom stereocenters. The summed E-state index contributed by atoms with van der Waals surface area (Å²) in [6.07, 6.45) is 2.30. The van der Waals surface area contributed by atoms with Crippen LogP contribution in [0.5, 0.6) is 0 Å². The summed E-state index contributed by atoms with van der Waals surface area (Å²) < 4.78 is 22.4. The molecule has 0 aliphatic carbocycles. The van der Waals surface area contributed by atoms with E-state index in [9.17, 15) is 4.57 Å². The van der Waals surface area contributed by atoms with Crippen molar-refractivity contribution in [2.45, 2.75) is 27.7 Å². The van der Waals surface area contributed by atoms with Crippen molar-refractivity contribution in [3.8, 4) is 0 Å². The van der Waals surface area contributed by atoms with E-state index >= 15 is 0 Å². The van der Waals surface area contributed by atoms with E-state index in [1.807, 2.05) is 26.8 Å². The Balaban J connectivity index is 4.28. The van der Waals surface area contributed by atoms with Crippen molar-refractivity contribution in [3.05, 3.63) is 11.0 Å². The highest BCUT2D eigenvalue weighted by molar-refractivity contribution is 8.03. The highest BCUT2D eigenvalue weighted by atomic mass is 32.2. The second kappa shape index (κ2) is 8.40. The van der Waals surface area contributed by atoms with Crippen LogP contribution in [-0.4, -0.2) is 25.1 Å². The van der Waals surface area contributed by atoms with Crippen molar-refractivity contribution in [1.82, 2.24) is 0 Å². The highest BCUT2D eigenvalue weighted by Gasteiger charge is 2.21. The van der Waals surface area contributed by atoms with Crippen molar-refractivity contribution in [2.24, 2.45) is 0 Å². The van der Waals surface area contributed by atoms with E-state index in [4.69, 9.17) is 9.05 Å². The summed E-state index contributed by atoms with van der Waals surface area (Å²) in [7, 11) is -2.89. The lowest BCUT2D eigenvalue weighted by molar-refractivity contribution is 0.222. The molecule has 0 aliphatic heterocycles. The molecular formula is C10H21O3PS. The number of thioether (sulfide) groups is 1. The molecule has 0 fully saturated rings. The van der Waals surface area contributed by atoms with E-state index in [-0.39, 0.29) is 0 Å². The molecule has 5 heteroatoms. The van der Waals surface area contributed by atoms with Gasteiger partial charge in [0.2, 0.25) is 0 Å². The Bertz CT molecular complexity index is 231. The van der Waals surface area contributed by atoms with Crippen LogP contribution >= 0.6 is 19.4 Å². The third kappa shape index (κ3) is 7.18. The smallest absolute Gasteiger partial charge is 0.309 e.